The highest BCUT2D eigenvalue weighted by atomic mass is 19.3. The molecule has 0 aliphatic heterocycles. The van der Waals surface area contributed by atoms with Gasteiger partial charge in [-0.15, -0.1) is 0 Å². The van der Waals surface area contributed by atoms with Gasteiger partial charge in [0.2, 0.25) is 0 Å². The number of hydrogen-bond donors (Lipinski definition) is 0. The van der Waals surface area contributed by atoms with Crippen LogP contribution >= 0.6 is 0 Å². The summed E-state index contributed by atoms with van der Waals surface area (Å²) >= 11 is 0. The van der Waals surface area contributed by atoms with E-state index in [1.165, 1.54) is 7.11 Å². The lowest BCUT2D eigenvalue weighted by Crippen LogP contribution is -2.40. The molecule has 0 spiro atoms. The number of carbonyl (C=O) groups is 1. The molecule has 1 aliphatic rings. The molecular weight excluding hydrogens is 266 g/mol. The van der Waals surface area contributed by atoms with E-state index in [0.717, 1.165) is 19.6 Å². The van der Waals surface area contributed by atoms with Gasteiger partial charge in [-0.25, -0.2) is 8.78 Å². The van der Waals surface area contributed by atoms with E-state index in [1.807, 2.05) is 14.1 Å². The molecule has 0 unspecified atom stereocenters. The topological polar surface area (TPSA) is 32.8 Å². The standard InChI is InChI=1S/C9H20N2O.C5H8F2O/c1-5-11(8-9(2)12)7-6-10(3)4;1-8-4-2-5(6,7)3-4/h5-8H2,1-4H3;4H,2-3H2,1H3. The summed E-state index contributed by atoms with van der Waals surface area (Å²) < 4.78 is 28.4. The second-order valence-corrected chi connectivity index (χ2v) is 5.50. The minimum absolute atomic E-state index is 0.0938. The largest absolute Gasteiger partial charge is 0.381 e. The molecule has 0 bridgehead atoms. The first kappa shape index (κ1) is 19.4. The maximum atomic E-state index is 11.9. The second-order valence-electron chi connectivity index (χ2n) is 5.50. The number of nitrogens with zero attached hydrogens (tertiary/aromatic N) is 2. The van der Waals surface area contributed by atoms with Gasteiger partial charge in [0.1, 0.15) is 5.78 Å². The summed E-state index contributed by atoms with van der Waals surface area (Å²) in [6.07, 6.45) is -0.377. The Morgan fingerprint density at radius 1 is 1.30 bits per heavy atom. The number of methoxy groups -OCH3 is 1. The monoisotopic (exact) mass is 294 g/mol. The molecule has 4 nitrogen and oxygen atoms in total. The van der Waals surface area contributed by atoms with E-state index in [1.54, 1.807) is 6.92 Å². The summed E-state index contributed by atoms with van der Waals surface area (Å²) in [6, 6.07) is 0. The molecule has 0 heterocycles. The minimum Gasteiger partial charge on any atom is -0.381 e. The van der Waals surface area contributed by atoms with Crippen LogP contribution < -0.4 is 0 Å². The molecule has 0 atom stereocenters. The highest BCUT2D eigenvalue weighted by Gasteiger charge is 2.45. The maximum Gasteiger partial charge on any atom is 0.253 e. The van der Waals surface area contributed by atoms with Crippen LogP contribution in [0.1, 0.15) is 26.7 Å². The molecule has 0 aromatic rings. The Labute approximate surface area is 121 Å². The predicted octanol–water partition coefficient (Wildman–Crippen LogP) is 1.89. The van der Waals surface area contributed by atoms with Crippen LogP contribution in [0.4, 0.5) is 8.78 Å². The van der Waals surface area contributed by atoms with Gasteiger partial charge in [0, 0.05) is 33.0 Å². The molecule has 1 aliphatic carbocycles. The van der Waals surface area contributed by atoms with E-state index in [0.29, 0.717) is 6.54 Å². The van der Waals surface area contributed by atoms with Crippen molar-refractivity contribution in [2.45, 2.75) is 38.7 Å². The molecule has 0 radical (unpaired) electrons. The van der Waals surface area contributed by atoms with Crippen LogP contribution in [-0.4, -0.2) is 75.0 Å². The fraction of sp³-hybridized carbons (Fsp3) is 0.929. The zero-order valence-corrected chi connectivity index (χ0v) is 13.3. The summed E-state index contributed by atoms with van der Waals surface area (Å²) in [5.74, 6) is -2.18. The van der Waals surface area contributed by atoms with Gasteiger partial charge in [0.25, 0.3) is 5.92 Å². The number of halogens is 2. The lowest BCUT2D eigenvalue weighted by Gasteiger charge is -2.33. The lowest BCUT2D eigenvalue weighted by molar-refractivity contribution is -0.155. The Kier molecular flexibility index (Phi) is 9.09. The first-order valence-corrected chi connectivity index (χ1v) is 6.97. The van der Waals surface area contributed by atoms with Gasteiger partial charge in [-0.2, -0.15) is 0 Å². The number of ketones is 1. The number of rotatable bonds is 7. The fourth-order valence-corrected chi connectivity index (χ4v) is 1.78. The smallest absolute Gasteiger partial charge is 0.253 e. The summed E-state index contributed by atoms with van der Waals surface area (Å²) in [7, 11) is 5.54. The van der Waals surface area contributed by atoms with Crippen LogP contribution in [0.5, 0.6) is 0 Å². The molecule has 1 rings (SSSR count). The Morgan fingerprint density at radius 2 is 1.85 bits per heavy atom. The molecule has 1 saturated carbocycles. The molecule has 1 fully saturated rings. The Balaban J connectivity index is 0.000000388. The molecular formula is C14H28F2N2O2. The van der Waals surface area contributed by atoms with E-state index >= 15 is 0 Å². The molecule has 0 saturated heterocycles. The van der Waals surface area contributed by atoms with Crippen LogP contribution in [0, 0.1) is 0 Å². The van der Waals surface area contributed by atoms with Crippen molar-refractivity contribution >= 4 is 5.78 Å². The van der Waals surface area contributed by atoms with E-state index in [4.69, 9.17) is 0 Å². The van der Waals surface area contributed by atoms with E-state index in [9.17, 15) is 13.6 Å². The van der Waals surface area contributed by atoms with E-state index in [-0.39, 0.29) is 24.7 Å². The van der Waals surface area contributed by atoms with Crippen molar-refractivity contribution in [3.05, 3.63) is 0 Å². The maximum absolute atomic E-state index is 11.9. The summed E-state index contributed by atoms with van der Waals surface area (Å²) in [5, 5.41) is 0. The van der Waals surface area contributed by atoms with Crippen LogP contribution in [0.2, 0.25) is 0 Å². The van der Waals surface area contributed by atoms with Crippen molar-refractivity contribution in [1.29, 1.82) is 0 Å². The van der Waals surface area contributed by atoms with E-state index in [2.05, 4.69) is 21.5 Å². The highest BCUT2D eigenvalue weighted by molar-refractivity contribution is 5.77. The van der Waals surface area contributed by atoms with Crippen molar-refractivity contribution in [2.24, 2.45) is 0 Å². The average molecular weight is 294 g/mol. The number of Topliss-reactive ketones (excluding diaryl/α,β-unsaturated/α-hetero) is 1. The fourth-order valence-electron chi connectivity index (χ4n) is 1.78. The average Bonchev–Trinajstić information content (AvgIpc) is 2.31. The quantitative estimate of drug-likeness (QED) is 0.718. The van der Waals surface area contributed by atoms with E-state index < -0.39 is 5.92 Å². The van der Waals surface area contributed by atoms with Crippen molar-refractivity contribution < 1.29 is 18.3 Å². The third kappa shape index (κ3) is 9.34. The second kappa shape index (κ2) is 9.37. The molecule has 6 heteroatoms. The highest BCUT2D eigenvalue weighted by Crippen LogP contribution is 2.38. The first-order valence-electron chi connectivity index (χ1n) is 6.97. The zero-order chi connectivity index (χ0) is 15.8. The van der Waals surface area contributed by atoms with Gasteiger partial charge in [-0.3, -0.25) is 9.69 Å². The van der Waals surface area contributed by atoms with Crippen LogP contribution in [-0.2, 0) is 9.53 Å². The van der Waals surface area contributed by atoms with Gasteiger partial charge in [-0.1, -0.05) is 6.92 Å². The molecule has 0 aromatic carbocycles. The Morgan fingerprint density at radius 3 is 2.10 bits per heavy atom. The molecule has 0 amide bonds. The SMILES string of the molecule is CCN(CCN(C)C)CC(C)=O.COC1CC(F)(F)C1. The summed E-state index contributed by atoms with van der Waals surface area (Å²) in [5.41, 5.74) is 0. The van der Waals surface area contributed by atoms with Crippen LogP contribution in [0.3, 0.4) is 0 Å². The molecule has 20 heavy (non-hydrogen) atoms. The predicted molar refractivity (Wildman–Crippen MR) is 76.3 cm³/mol. The van der Waals surface area contributed by atoms with Crippen LogP contribution in [0.25, 0.3) is 0 Å². The number of ether oxygens (including phenoxy) is 1. The van der Waals surface area contributed by atoms with Gasteiger partial charge in [0.05, 0.1) is 12.6 Å². The minimum atomic E-state index is -2.43. The van der Waals surface area contributed by atoms with Gasteiger partial charge in [-0.05, 0) is 27.6 Å². The van der Waals surface area contributed by atoms with Crippen LogP contribution in [0.15, 0.2) is 0 Å². The molecule has 0 N–H and O–H groups in total. The molecule has 120 valence electrons. The normalized spacial score (nSPS) is 17.6. The van der Waals surface area contributed by atoms with Gasteiger partial charge < -0.3 is 9.64 Å². The number of carbonyl (C=O) groups excluding carboxylic acids is 1. The Hall–Kier alpha value is -0.590. The number of likely N-dealkylation sites (N-methyl/N-ethyl adjacent to an activating group) is 2. The molecule has 0 aromatic heterocycles. The summed E-state index contributed by atoms with van der Waals surface area (Å²) in [4.78, 5) is 15.1. The lowest BCUT2D eigenvalue weighted by atomic mass is 9.91. The van der Waals surface area contributed by atoms with Crippen molar-refractivity contribution in [1.82, 2.24) is 9.80 Å². The third-order valence-corrected chi connectivity index (χ3v) is 3.14. The third-order valence-electron chi connectivity index (χ3n) is 3.14. The Bertz CT molecular complexity index is 278. The van der Waals surface area contributed by atoms with Gasteiger partial charge in [0.15, 0.2) is 0 Å². The van der Waals surface area contributed by atoms with Crippen molar-refractivity contribution in [3.63, 3.8) is 0 Å². The number of hydrogen-bond acceptors (Lipinski definition) is 4. The van der Waals surface area contributed by atoms with Gasteiger partial charge >= 0.3 is 0 Å². The first-order chi connectivity index (χ1) is 9.20. The van der Waals surface area contributed by atoms with Crippen molar-refractivity contribution in [2.75, 3.05) is 47.4 Å². The van der Waals surface area contributed by atoms with Crippen molar-refractivity contribution in [3.8, 4) is 0 Å². The zero-order valence-electron chi connectivity index (χ0n) is 13.3. The summed E-state index contributed by atoms with van der Waals surface area (Å²) in [6.45, 7) is 7.25. The number of alkyl halides is 2.